The van der Waals surface area contributed by atoms with Crippen LogP contribution in [0.2, 0.25) is 0 Å². The van der Waals surface area contributed by atoms with Gasteiger partial charge in [-0.3, -0.25) is 0 Å². The number of benzene rings is 1. The molecule has 0 aromatic heterocycles. The number of hydrogen-bond donors (Lipinski definition) is 1. The summed E-state index contributed by atoms with van der Waals surface area (Å²) in [6.07, 6.45) is -0.169. The van der Waals surface area contributed by atoms with Crippen molar-refractivity contribution in [3.8, 4) is 0 Å². The molecule has 0 radical (unpaired) electrons. The Bertz CT molecular complexity index is 662. The Morgan fingerprint density at radius 1 is 1.27 bits per heavy atom. The molecule has 0 aliphatic carbocycles. The Labute approximate surface area is 131 Å². The van der Waals surface area contributed by atoms with Crippen molar-refractivity contribution in [2.45, 2.75) is 38.2 Å². The van der Waals surface area contributed by atoms with Gasteiger partial charge in [-0.25, -0.2) is 17.9 Å². The van der Waals surface area contributed by atoms with Gasteiger partial charge in [0.05, 0.1) is 11.4 Å². The zero-order valence-electron chi connectivity index (χ0n) is 13.3. The fourth-order valence-electron chi connectivity index (χ4n) is 2.82. The van der Waals surface area contributed by atoms with Crippen LogP contribution in [0.25, 0.3) is 0 Å². The minimum absolute atomic E-state index is 0.237. The molecule has 1 amide bonds. The SMILES string of the molecule is Cc1cc(C)c(S(=O)(=O)NCCC2CN(C)C(=O)O2)c(C)c1. The number of nitrogens with zero attached hydrogens (tertiary/aromatic N) is 1. The van der Waals surface area contributed by atoms with E-state index >= 15 is 0 Å². The number of aryl methyl sites for hydroxylation is 3. The van der Waals surface area contributed by atoms with Crippen molar-refractivity contribution in [2.24, 2.45) is 0 Å². The third-order valence-corrected chi connectivity index (χ3v) is 5.45. The van der Waals surface area contributed by atoms with E-state index in [1.165, 1.54) is 4.90 Å². The van der Waals surface area contributed by atoms with Crippen molar-refractivity contribution in [3.05, 3.63) is 28.8 Å². The van der Waals surface area contributed by atoms with E-state index in [1.807, 2.05) is 19.1 Å². The number of carbonyl (C=O) groups is 1. The maximum Gasteiger partial charge on any atom is 0.409 e. The summed E-state index contributed by atoms with van der Waals surface area (Å²) in [7, 11) is -1.90. The van der Waals surface area contributed by atoms with Crippen LogP contribution < -0.4 is 4.72 Å². The monoisotopic (exact) mass is 326 g/mol. The van der Waals surface area contributed by atoms with E-state index in [9.17, 15) is 13.2 Å². The highest BCUT2D eigenvalue weighted by Gasteiger charge is 2.28. The third-order valence-electron chi connectivity index (χ3n) is 3.69. The fourth-order valence-corrected chi connectivity index (χ4v) is 4.31. The quantitative estimate of drug-likeness (QED) is 0.894. The number of cyclic esters (lactones) is 1. The molecule has 1 heterocycles. The van der Waals surface area contributed by atoms with Gasteiger partial charge in [0, 0.05) is 13.6 Å². The van der Waals surface area contributed by atoms with Crippen molar-refractivity contribution in [2.75, 3.05) is 20.1 Å². The second-order valence-corrected chi connectivity index (χ2v) is 7.50. The predicted molar refractivity (Wildman–Crippen MR) is 83.4 cm³/mol. The minimum atomic E-state index is -3.56. The summed E-state index contributed by atoms with van der Waals surface area (Å²) in [6.45, 7) is 6.25. The molecule has 0 bridgehead atoms. The number of ether oxygens (including phenoxy) is 1. The van der Waals surface area contributed by atoms with Gasteiger partial charge in [0.15, 0.2) is 0 Å². The van der Waals surface area contributed by atoms with Crippen LogP contribution in [0.15, 0.2) is 17.0 Å². The van der Waals surface area contributed by atoms with Crippen molar-refractivity contribution in [3.63, 3.8) is 0 Å². The summed E-state index contributed by atoms with van der Waals surface area (Å²) in [6, 6.07) is 3.71. The van der Waals surface area contributed by atoms with Gasteiger partial charge in [-0.1, -0.05) is 17.7 Å². The average molecular weight is 326 g/mol. The summed E-state index contributed by atoms with van der Waals surface area (Å²) in [5.74, 6) is 0. The number of hydrogen-bond acceptors (Lipinski definition) is 4. The van der Waals surface area contributed by atoms with Crippen LogP contribution in [0, 0.1) is 20.8 Å². The number of sulfonamides is 1. The zero-order chi connectivity index (χ0) is 16.5. The predicted octanol–water partition coefficient (Wildman–Crippen LogP) is 1.73. The van der Waals surface area contributed by atoms with Crippen LogP contribution in [-0.2, 0) is 14.8 Å². The maximum atomic E-state index is 12.5. The first kappa shape index (κ1) is 16.8. The smallest absolute Gasteiger partial charge is 0.409 e. The van der Waals surface area contributed by atoms with E-state index in [2.05, 4.69) is 4.72 Å². The topological polar surface area (TPSA) is 75.7 Å². The van der Waals surface area contributed by atoms with Crippen LogP contribution in [0.1, 0.15) is 23.1 Å². The van der Waals surface area contributed by atoms with Crippen molar-refractivity contribution in [1.82, 2.24) is 9.62 Å². The first-order valence-corrected chi connectivity index (χ1v) is 8.68. The maximum absolute atomic E-state index is 12.5. The molecule has 1 aliphatic rings. The fraction of sp³-hybridized carbons (Fsp3) is 0.533. The molecule has 1 aromatic carbocycles. The Morgan fingerprint density at radius 3 is 2.36 bits per heavy atom. The van der Waals surface area contributed by atoms with Gasteiger partial charge in [-0.2, -0.15) is 0 Å². The number of amides is 1. The number of carbonyl (C=O) groups excluding carboxylic acids is 1. The van der Waals surface area contributed by atoms with E-state index < -0.39 is 10.0 Å². The molecular formula is C15H22N2O4S. The molecule has 2 rings (SSSR count). The molecule has 22 heavy (non-hydrogen) atoms. The molecule has 0 saturated carbocycles. The first-order valence-electron chi connectivity index (χ1n) is 7.20. The first-order chi connectivity index (χ1) is 10.2. The lowest BCUT2D eigenvalue weighted by molar-refractivity contribution is 0.131. The van der Waals surface area contributed by atoms with Gasteiger partial charge in [0.25, 0.3) is 0 Å². The molecule has 7 heteroatoms. The summed E-state index contributed by atoms with van der Waals surface area (Å²) < 4.78 is 32.6. The van der Waals surface area contributed by atoms with Crippen molar-refractivity contribution < 1.29 is 17.9 Å². The van der Waals surface area contributed by atoms with Gasteiger partial charge >= 0.3 is 6.09 Å². The third kappa shape index (κ3) is 3.59. The van der Waals surface area contributed by atoms with Crippen LogP contribution in [0.3, 0.4) is 0 Å². The Hall–Kier alpha value is -1.60. The van der Waals surface area contributed by atoms with Crippen LogP contribution in [0.4, 0.5) is 4.79 Å². The lowest BCUT2D eigenvalue weighted by Crippen LogP contribution is -2.29. The van der Waals surface area contributed by atoms with E-state index in [1.54, 1.807) is 20.9 Å². The molecule has 1 aromatic rings. The average Bonchev–Trinajstić information content (AvgIpc) is 2.66. The number of nitrogens with one attached hydrogen (secondary N) is 1. The van der Waals surface area contributed by atoms with E-state index in [4.69, 9.17) is 4.74 Å². The van der Waals surface area contributed by atoms with Crippen molar-refractivity contribution >= 4 is 16.1 Å². The second-order valence-electron chi connectivity index (χ2n) is 5.80. The summed E-state index contributed by atoms with van der Waals surface area (Å²) in [5.41, 5.74) is 2.50. The highest BCUT2D eigenvalue weighted by Crippen LogP contribution is 2.21. The highest BCUT2D eigenvalue weighted by atomic mass is 32.2. The zero-order valence-corrected chi connectivity index (χ0v) is 14.2. The number of likely N-dealkylation sites (N-methyl/N-ethyl adjacent to an activating group) is 1. The molecule has 1 unspecified atom stereocenters. The Kier molecular flexibility index (Phi) is 4.77. The lowest BCUT2D eigenvalue weighted by atomic mass is 10.1. The molecule has 122 valence electrons. The molecule has 1 fully saturated rings. The minimum Gasteiger partial charge on any atom is -0.444 e. The molecular weight excluding hydrogens is 304 g/mol. The van der Waals surface area contributed by atoms with E-state index in [0.717, 1.165) is 16.7 Å². The van der Waals surface area contributed by atoms with Gasteiger partial charge in [-0.05, 0) is 38.3 Å². The van der Waals surface area contributed by atoms with Crippen LogP contribution in [-0.4, -0.2) is 45.7 Å². The largest absolute Gasteiger partial charge is 0.444 e. The summed E-state index contributed by atoms with van der Waals surface area (Å²) >= 11 is 0. The summed E-state index contributed by atoms with van der Waals surface area (Å²) in [4.78, 5) is 13.1. The molecule has 1 N–H and O–H groups in total. The second kappa shape index (κ2) is 6.26. The van der Waals surface area contributed by atoms with E-state index in [-0.39, 0.29) is 18.7 Å². The van der Waals surface area contributed by atoms with Gasteiger partial charge < -0.3 is 9.64 Å². The lowest BCUT2D eigenvalue weighted by Gasteiger charge is -2.14. The van der Waals surface area contributed by atoms with Gasteiger partial charge in [0.2, 0.25) is 10.0 Å². The number of rotatable bonds is 5. The van der Waals surface area contributed by atoms with Gasteiger partial charge in [-0.15, -0.1) is 0 Å². The van der Waals surface area contributed by atoms with Crippen LogP contribution in [0.5, 0.6) is 0 Å². The molecule has 0 spiro atoms. The molecule has 1 atom stereocenters. The molecule has 6 nitrogen and oxygen atoms in total. The standard InChI is InChI=1S/C15H22N2O4S/c1-10-7-11(2)14(12(3)8-10)22(19,20)16-6-5-13-9-17(4)15(18)21-13/h7-8,13,16H,5-6,9H2,1-4H3. The van der Waals surface area contributed by atoms with E-state index in [0.29, 0.717) is 17.9 Å². The highest BCUT2D eigenvalue weighted by molar-refractivity contribution is 7.89. The van der Waals surface area contributed by atoms with Crippen molar-refractivity contribution in [1.29, 1.82) is 0 Å². The molecule has 1 aliphatic heterocycles. The van der Waals surface area contributed by atoms with Gasteiger partial charge in [0.1, 0.15) is 6.10 Å². The Balaban J connectivity index is 2.02. The summed E-state index contributed by atoms with van der Waals surface area (Å²) in [5, 5.41) is 0. The normalized spacial score (nSPS) is 18.6. The van der Waals surface area contributed by atoms with Crippen LogP contribution >= 0.6 is 0 Å². The molecule has 1 saturated heterocycles. The Morgan fingerprint density at radius 2 is 1.86 bits per heavy atom.